The van der Waals surface area contributed by atoms with E-state index in [4.69, 9.17) is 4.74 Å². The van der Waals surface area contributed by atoms with Crippen LogP contribution in [0.15, 0.2) is 54.6 Å². The fourth-order valence-corrected chi connectivity index (χ4v) is 4.82. The summed E-state index contributed by atoms with van der Waals surface area (Å²) in [5.74, 6) is -2.58. The number of hydrogen-bond acceptors (Lipinski definition) is 3. The van der Waals surface area contributed by atoms with Gasteiger partial charge in [0.25, 0.3) is 0 Å². The van der Waals surface area contributed by atoms with Gasteiger partial charge in [0.05, 0.1) is 12.1 Å². The van der Waals surface area contributed by atoms with E-state index in [1.807, 2.05) is 48.5 Å². The van der Waals surface area contributed by atoms with Gasteiger partial charge in [0.1, 0.15) is 6.61 Å². The normalized spacial score (nSPS) is 23.0. The van der Waals surface area contributed by atoms with Gasteiger partial charge < -0.3 is 15.0 Å². The van der Waals surface area contributed by atoms with Crippen LogP contribution in [0.1, 0.15) is 48.0 Å². The zero-order chi connectivity index (χ0) is 23.4. The van der Waals surface area contributed by atoms with Crippen LogP contribution in [0.2, 0.25) is 0 Å². The molecule has 8 heteroatoms. The number of rotatable bonds is 5. The Balaban J connectivity index is 1.42. The van der Waals surface area contributed by atoms with Crippen LogP contribution < -0.4 is 5.32 Å². The number of piperidine rings is 1. The fourth-order valence-electron chi connectivity index (χ4n) is 4.82. The van der Waals surface area contributed by atoms with E-state index in [0.29, 0.717) is 13.0 Å². The molecule has 1 N–H and O–H groups in total. The number of amides is 2. The Bertz CT molecular complexity index is 980. The average Bonchev–Trinajstić information content (AvgIpc) is 2.82. The third-order valence-electron chi connectivity index (χ3n) is 6.49. The van der Waals surface area contributed by atoms with Crippen molar-refractivity contribution >= 4 is 11.8 Å². The van der Waals surface area contributed by atoms with E-state index >= 15 is 0 Å². The van der Waals surface area contributed by atoms with E-state index in [9.17, 15) is 22.8 Å². The zero-order valence-electron chi connectivity index (χ0n) is 18.2. The number of nitrogens with one attached hydrogen (secondary N) is 1. The van der Waals surface area contributed by atoms with Crippen LogP contribution in [0.4, 0.5) is 13.2 Å². The SMILES string of the molecule is O=C(COC1CCCc2ccccc21)N1CC[C@H](c2ccccc2)[C@H](NC(=O)C(F)(F)F)C1. The predicted octanol–water partition coefficient (Wildman–Crippen LogP) is 4.14. The van der Waals surface area contributed by atoms with Gasteiger partial charge in [0, 0.05) is 19.0 Å². The maximum atomic E-state index is 12.9. The number of aryl methyl sites for hydroxylation is 1. The summed E-state index contributed by atoms with van der Waals surface area (Å²) >= 11 is 0. The quantitative estimate of drug-likeness (QED) is 0.730. The monoisotopic (exact) mass is 460 g/mol. The first-order valence-electron chi connectivity index (χ1n) is 11.2. The second kappa shape index (κ2) is 9.95. The Kier molecular flexibility index (Phi) is 7.02. The van der Waals surface area contributed by atoms with Crippen LogP contribution in [0.5, 0.6) is 0 Å². The van der Waals surface area contributed by atoms with Gasteiger partial charge in [-0.3, -0.25) is 9.59 Å². The topological polar surface area (TPSA) is 58.6 Å². The Morgan fingerprint density at radius 2 is 1.76 bits per heavy atom. The molecule has 0 radical (unpaired) electrons. The molecule has 1 heterocycles. The van der Waals surface area contributed by atoms with Crippen molar-refractivity contribution in [3.63, 3.8) is 0 Å². The largest absolute Gasteiger partial charge is 0.471 e. The molecule has 1 aliphatic heterocycles. The summed E-state index contributed by atoms with van der Waals surface area (Å²) in [5, 5.41) is 2.11. The van der Waals surface area contributed by atoms with Gasteiger partial charge in [-0.1, -0.05) is 54.6 Å². The van der Waals surface area contributed by atoms with E-state index in [-0.39, 0.29) is 31.1 Å². The molecule has 2 amide bonds. The third kappa shape index (κ3) is 5.55. The molecule has 4 rings (SSSR count). The van der Waals surface area contributed by atoms with Gasteiger partial charge in [0.2, 0.25) is 5.91 Å². The Morgan fingerprint density at radius 3 is 2.52 bits per heavy atom. The summed E-state index contributed by atoms with van der Waals surface area (Å²) in [7, 11) is 0. The number of carbonyl (C=O) groups is 2. The fraction of sp³-hybridized carbons (Fsp3) is 0.440. The number of nitrogens with zero attached hydrogens (tertiary/aromatic N) is 1. The van der Waals surface area contributed by atoms with Crippen molar-refractivity contribution in [3.05, 3.63) is 71.3 Å². The Morgan fingerprint density at radius 1 is 1.03 bits per heavy atom. The molecule has 176 valence electrons. The van der Waals surface area contributed by atoms with Crippen LogP contribution in [-0.4, -0.2) is 48.6 Å². The molecule has 2 aromatic carbocycles. The molecule has 3 atom stereocenters. The van der Waals surface area contributed by atoms with Gasteiger partial charge in [-0.25, -0.2) is 0 Å². The summed E-state index contributed by atoms with van der Waals surface area (Å²) in [6, 6.07) is 16.3. The van der Waals surface area contributed by atoms with Crippen molar-refractivity contribution in [3.8, 4) is 0 Å². The molecule has 1 fully saturated rings. The third-order valence-corrected chi connectivity index (χ3v) is 6.49. The average molecular weight is 460 g/mol. The lowest BCUT2D eigenvalue weighted by atomic mass is 9.85. The molecule has 0 spiro atoms. The van der Waals surface area contributed by atoms with E-state index in [1.165, 1.54) is 10.5 Å². The van der Waals surface area contributed by atoms with Crippen molar-refractivity contribution in [1.29, 1.82) is 0 Å². The lowest BCUT2D eigenvalue weighted by molar-refractivity contribution is -0.175. The minimum absolute atomic E-state index is 0.00479. The number of hydrogen-bond donors (Lipinski definition) is 1. The molecule has 1 aliphatic carbocycles. The molecule has 0 saturated carbocycles. The highest BCUT2D eigenvalue weighted by Crippen LogP contribution is 2.33. The van der Waals surface area contributed by atoms with Gasteiger partial charge in [0.15, 0.2) is 0 Å². The van der Waals surface area contributed by atoms with Crippen molar-refractivity contribution in [2.75, 3.05) is 19.7 Å². The van der Waals surface area contributed by atoms with Crippen LogP contribution >= 0.6 is 0 Å². The minimum atomic E-state index is -4.98. The highest BCUT2D eigenvalue weighted by Gasteiger charge is 2.42. The first kappa shape index (κ1) is 23.3. The predicted molar refractivity (Wildman–Crippen MR) is 116 cm³/mol. The van der Waals surface area contributed by atoms with Crippen molar-refractivity contribution in [1.82, 2.24) is 10.2 Å². The van der Waals surface area contributed by atoms with Gasteiger partial charge in [-0.2, -0.15) is 13.2 Å². The maximum absolute atomic E-state index is 12.9. The molecular weight excluding hydrogens is 433 g/mol. The number of benzene rings is 2. The number of halogens is 3. The molecule has 5 nitrogen and oxygen atoms in total. The molecule has 2 aliphatic rings. The lowest BCUT2D eigenvalue weighted by Gasteiger charge is -2.39. The number of alkyl halides is 3. The van der Waals surface area contributed by atoms with E-state index < -0.39 is 18.1 Å². The van der Waals surface area contributed by atoms with Crippen molar-refractivity contribution < 1.29 is 27.5 Å². The summed E-state index contributed by atoms with van der Waals surface area (Å²) in [4.78, 5) is 26.1. The maximum Gasteiger partial charge on any atom is 0.471 e. The molecular formula is C25H27F3N2O3. The van der Waals surface area contributed by atoms with E-state index in [1.54, 1.807) is 0 Å². The minimum Gasteiger partial charge on any atom is -0.364 e. The van der Waals surface area contributed by atoms with Crippen LogP contribution in [0, 0.1) is 0 Å². The summed E-state index contributed by atoms with van der Waals surface area (Å²) in [6.07, 6.45) is -1.91. The lowest BCUT2D eigenvalue weighted by Crippen LogP contribution is -2.56. The first-order valence-corrected chi connectivity index (χ1v) is 11.2. The number of fused-ring (bicyclic) bond motifs is 1. The van der Waals surface area contributed by atoms with Crippen LogP contribution in [0.3, 0.4) is 0 Å². The highest BCUT2D eigenvalue weighted by molar-refractivity contribution is 5.82. The summed E-state index contributed by atoms with van der Waals surface area (Å²) in [5.41, 5.74) is 3.15. The standard InChI is InChI=1S/C25H27F3N2O3/c26-25(27,28)24(32)29-21-15-30(14-13-19(21)17-7-2-1-3-8-17)23(31)16-33-22-12-6-10-18-9-4-5-11-20(18)22/h1-5,7-9,11,19,21-22H,6,10,12-16H2,(H,29,32)/t19-,21-,22?/m1/s1. The molecule has 2 aromatic rings. The number of likely N-dealkylation sites (tertiary alicyclic amines) is 1. The van der Waals surface area contributed by atoms with Crippen LogP contribution in [0.25, 0.3) is 0 Å². The van der Waals surface area contributed by atoms with Gasteiger partial charge in [-0.15, -0.1) is 0 Å². The molecule has 0 bridgehead atoms. The summed E-state index contributed by atoms with van der Waals surface area (Å²) < 4.78 is 44.7. The molecule has 0 aromatic heterocycles. The number of ether oxygens (including phenoxy) is 1. The molecule has 1 unspecified atom stereocenters. The van der Waals surface area contributed by atoms with Crippen LogP contribution in [-0.2, 0) is 20.7 Å². The summed E-state index contributed by atoms with van der Waals surface area (Å²) in [6.45, 7) is 0.251. The van der Waals surface area contributed by atoms with Gasteiger partial charge in [-0.05, 0) is 42.4 Å². The van der Waals surface area contributed by atoms with Crippen molar-refractivity contribution in [2.45, 2.75) is 49.9 Å². The second-order valence-electron chi connectivity index (χ2n) is 8.61. The van der Waals surface area contributed by atoms with Crippen molar-refractivity contribution in [2.24, 2.45) is 0 Å². The smallest absolute Gasteiger partial charge is 0.364 e. The zero-order valence-corrected chi connectivity index (χ0v) is 18.2. The molecule has 1 saturated heterocycles. The second-order valence-corrected chi connectivity index (χ2v) is 8.61. The highest BCUT2D eigenvalue weighted by atomic mass is 19.4. The molecule has 33 heavy (non-hydrogen) atoms. The Labute approximate surface area is 190 Å². The first-order chi connectivity index (χ1) is 15.8. The Hall–Kier alpha value is -2.87. The van der Waals surface area contributed by atoms with E-state index in [2.05, 4.69) is 11.4 Å². The van der Waals surface area contributed by atoms with E-state index in [0.717, 1.165) is 30.4 Å². The van der Waals surface area contributed by atoms with Gasteiger partial charge >= 0.3 is 12.1 Å². The number of carbonyl (C=O) groups excluding carboxylic acids is 2.